The van der Waals surface area contributed by atoms with Gasteiger partial charge in [-0.1, -0.05) is 12.1 Å². The van der Waals surface area contributed by atoms with Crippen LogP contribution in [0.3, 0.4) is 0 Å². The predicted molar refractivity (Wildman–Crippen MR) is 97.0 cm³/mol. The van der Waals surface area contributed by atoms with Crippen molar-refractivity contribution in [1.82, 2.24) is 0 Å². The maximum absolute atomic E-state index is 13.1. The number of hydrogen-bond donors (Lipinski definition) is 0. The lowest BCUT2D eigenvalue weighted by atomic mass is 9.96. The van der Waals surface area contributed by atoms with Gasteiger partial charge in [0.25, 0.3) is 5.69 Å². The molecule has 2 aromatic carbocycles. The fourth-order valence-electron chi connectivity index (χ4n) is 2.92. The van der Waals surface area contributed by atoms with Crippen molar-refractivity contribution >= 4 is 17.5 Å². The van der Waals surface area contributed by atoms with Crippen molar-refractivity contribution in [2.24, 2.45) is 0 Å². The summed E-state index contributed by atoms with van der Waals surface area (Å²) in [5, 5.41) is 11.2. The minimum Gasteiger partial charge on any atom is -0.493 e. The van der Waals surface area contributed by atoms with E-state index < -0.39 is 4.92 Å². The van der Waals surface area contributed by atoms with Crippen LogP contribution < -0.4 is 18.9 Å². The Morgan fingerprint density at radius 3 is 2.44 bits per heavy atom. The quantitative estimate of drug-likeness (QED) is 0.452. The highest BCUT2D eigenvalue weighted by Gasteiger charge is 2.32. The zero-order valence-corrected chi connectivity index (χ0v) is 15.0. The molecule has 0 atom stereocenters. The van der Waals surface area contributed by atoms with Crippen LogP contribution in [0.5, 0.6) is 23.0 Å². The van der Waals surface area contributed by atoms with Crippen molar-refractivity contribution in [3.8, 4) is 23.0 Å². The summed E-state index contributed by atoms with van der Waals surface area (Å²) in [6, 6.07) is 7.73. The van der Waals surface area contributed by atoms with E-state index in [-0.39, 0.29) is 40.7 Å². The van der Waals surface area contributed by atoms with Gasteiger partial charge >= 0.3 is 0 Å². The van der Waals surface area contributed by atoms with Gasteiger partial charge in [0.05, 0.1) is 31.8 Å². The first-order valence-electron chi connectivity index (χ1n) is 7.96. The molecule has 140 valence electrons. The Kier molecular flexibility index (Phi) is 4.98. The second kappa shape index (κ2) is 7.36. The topological polar surface area (TPSA) is 97.1 Å². The van der Waals surface area contributed by atoms with E-state index in [0.717, 1.165) is 0 Å². The van der Waals surface area contributed by atoms with Gasteiger partial charge in [0, 0.05) is 17.7 Å². The van der Waals surface area contributed by atoms with Crippen LogP contribution in [0.15, 0.2) is 35.9 Å². The first-order valence-corrected chi connectivity index (χ1v) is 7.96. The van der Waals surface area contributed by atoms with Crippen LogP contribution in [0.25, 0.3) is 6.08 Å². The van der Waals surface area contributed by atoms with Gasteiger partial charge in [0.1, 0.15) is 17.9 Å². The Morgan fingerprint density at radius 2 is 1.81 bits per heavy atom. The van der Waals surface area contributed by atoms with Gasteiger partial charge in [-0.05, 0) is 12.1 Å². The molecule has 0 N–H and O–H groups in total. The van der Waals surface area contributed by atoms with E-state index in [9.17, 15) is 14.9 Å². The first kappa shape index (κ1) is 18.2. The van der Waals surface area contributed by atoms with E-state index in [1.165, 1.54) is 33.5 Å². The third kappa shape index (κ3) is 3.17. The monoisotopic (exact) mass is 371 g/mol. The molecule has 0 aliphatic carbocycles. The molecule has 27 heavy (non-hydrogen) atoms. The summed E-state index contributed by atoms with van der Waals surface area (Å²) in [7, 11) is 4.31. The Bertz CT molecular complexity index is 949. The number of hydrogen-bond acceptors (Lipinski definition) is 7. The normalized spacial score (nSPS) is 14.3. The number of fused-ring (bicyclic) bond motifs is 1. The standard InChI is InChI=1S/C19H17NO7/c1-24-15-9-14-16(19(26-3)18(15)25-2)17(21)12(10-27-14)8-11-6-4-5-7-13(11)20(22)23/h4-9H,10H2,1-3H3/b12-8+. The molecule has 1 heterocycles. The van der Waals surface area contributed by atoms with E-state index in [1.54, 1.807) is 24.3 Å². The third-order valence-electron chi connectivity index (χ3n) is 4.16. The highest BCUT2D eigenvalue weighted by atomic mass is 16.6. The molecule has 3 rings (SSSR count). The SMILES string of the molecule is COc1cc2c(c(OC)c1OC)C(=O)/C(=C/c1ccccc1[N+](=O)[O-])CO2. The highest BCUT2D eigenvalue weighted by molar-refractivity contribution is 6.16. The minimum atomic E-state index is -0.497. The average Bonchev–Trinajstić information content (AvgIpc) is 2.68. The molecular formula is C19H17NO7. The number of nitrogens with zero attached hydrogens (tertiary/aromatic N) is 1. The number of benzene rings is 2. The van der Waals surface area contributed by atoms with E-state index in [0.29, 0.717) is 17.1 Å². The van der Waals surface area contributed by atoms with Crippen molar-refractivity contribution in [3.05, 3.63) is 57.1 Å². The van der Waals surface area contributed by atoms with E-state index in [2.05, 4.69) is 0 Å². The van der Waals surface area contributed by atoms with Gasteiger partial charge in [0.2, 0.25) is 5.75 Å². The number of ether oxygens (including phenoxy) is 4. The van der Waals surface area contributed by atoms with Crippen LogP contribution in [0.1, 0.15) is 15.9 Å². The molecule has 8 heteroatoms. The van der Waals surface area contributed by atoms with Crippen LogP contribution >= 0.6 is 0 Å². The molecular weight excluding hydrogens is 354 g/mol. The largest absolute Gasteiger partial charge is 0.493 e. The summed E-state index contributed by atoms with van der Waals surface area (Å²) in [6.45, 7) is -0.0312. The van der Waals surface area contributed by atoms with Crippen molar-refractivity contribution in [3.63, 3.8) is 0 Å². The fraction of sp³-hybridized carbons (Fsp3) is 0.211. The molecule has 0 bridgehead atoms. The molecule has 0 aromatic heterocycles. The summed E-state index contributed by atoms with van der Waals surface area (Å²) >= 11 is 0. The van der Waals surface area contributed by atoms with Gasteiger partial charge in [-0.15, -0.1) is 0 Å². The summed E-state index contributed by atoms with van der Waals surface area (Å²) < 4.78 is 21.6. The molecule has 0 saturated carbocycles. The maximum Gasteiger partial charge on any atom is 0.276 e. The molecule has 0 unspecified atom stereocenters. The number of ketones is 1. The number of nitro benzene ring substituents is 1. The number of carbonyl (C=O) groups excluding carboxylic acids is 1. The lowest BCUT2D eigenvalue weighted by Gasteiger charge is -2.23. The highest BCUT2D eigenvalue weighted by Crippen LogP contribution is 2.47. The smallest absolute Gasteiger partial charge is 0.276 e. The van der Waals surface area contributed by atoms with Crippen molar-refractivity contribution in [2.45, 2.75) is 0 Å². The summed E-state index contributed by atoms with van der Waals surface area (Å²) in [6.07, 6.45) is 1.46. The molecule has 0 radical (unpaired) electrons. The zero-order chi connectivity index (χ0) is 19.6. The Hall–Kier alpha value is -3.55. The fourth-order valence-corrected chi connectivity index (χ4v) is 2.92. The number of carbonyl (C=O) groups is 1. The number of Topliss-reactive ketones (excluding diaryl/α,β-unsaturated/α-hetero) is 1. The molecule has 2 aromatic rings. The van der Waals surface area contributed by atoms with Gasteiger partial charge in [-0.25, -0.2) is 0 Å². The van der Waals surface area contributed by atoms with Crippen molar-refractivity contribution in [1.29, 1.82) is 0 Å². The van der Waals surface area contributed by atoms with E-state index >= 15 is 0 Å². The Morgan fingerprint density at radius 1 is 1.11 bits per heavy atom. The first-order chi connectivity index (χ1) is 13.0. The van der Waals surface area contributed by atoms with Gasteiger partial charge in [-0.3, -0.25) is 14.9 Å². The number of para-hydroxylation sites is 1. The molecule has 0 fully saturated rings. The van der Waals surface area contributed by atoms with Crippen LogP contribution in [0.4, 0.5) is 5.69 Å². The molecule has 8 nitrogen and oxygen atoms in total. The molecule has 1 aliphatic rings. The maximum atomic E-state index is 13.1. The van der Waals surface area contributed by atoms with Crippen molar-refractivity contribution < 1.29 is 28.7 Å². The summed E-state index contributed by atoms with van der Waals surface area (Å²) in [5.41, 5.74) is 0.675. The van der Waals surface area contributed by atoms with E-state index in [1.807, 2.05) is 0 Å². The lowest BCUT2D eigenvalue weighted by Crippen LogP contribution is -2.20. The second-order valence-corrected chi connectivity index (χ2v) is 5.62. The van der Waals surface area contributed by atoms with Crippen LogP contribution in [0, 0.1) is 10.1 Å². The number of methoxy groups -OCH3 is 3. The zero-order valence-electron chi connectivity index (χ0n) is 15.0. The minimum absolute atomic E-state index is 0.0312. The Labute approximate surface area is 155 Å². The average molecular weight is 371 g/mol. The summed E-state index contributed by atoms with van der Waals surface area (Å²) in [5.74, 6) is 0.765. The molecule has 0 saturated heterocycles. The summed E-state index contributed by atoms with van der Waals surface area (Å²) in [4.78, 5) is 23.8. The predicted octanol–water partition coefficient (Wildman–Crippen LogP) is 3.28. The van der Waals surface area contributed by atoms with Crippen LogP contribution in [0.2, 0.25) is 0 Å². The Balaban J connectivity index is 2.13. The molecule has 1 aliphatic heterocycles. The number of rotatable bonds is 5. The van der Waals surface area contributed by atoms with Gasteiger partial charge in [-0.2, -0.15) is 0 Å². The third-order valence-corrected chi connectivity index (χ3v) is 4.16. The van der Waals surface area contributed by atoms with Crippen molar-refractivity contribution in [2.75, 3.05) is 27.9 Å². The van der Waals surface area contributed by atoms with Crippen LogP contribution in [-0.2, 0) is 0 Å². The van der Waals surface area contributed by atoms with E-state index in [4.69, 9.17) is 18.9 Å². The number of nitro groups is 1. The molecule has 0 spiro atoms. The second-order valence-electron chi connectivity index (χ2n) is 5.62. The molecule has 0 amide bonds. The van der Waals surface area contributed by atoms with Gasteiger partial charge in [0.15, 0.2) is 17.3 Å². The lowest BCUT2D eigenvalue weighted by molar-refractivity contribution is -0.385. The van der Waals surface area contributed by atoms with Crippen LogP contribution in [-0.4, -0.2) is 38.6 Å². The van der Waals surface area contributed by atoms with Gasteiger partial charge < -0.3 is 18.9 Å².